The van der Waals surface area contributed by atoms with Crippen LogP contribution in [0.5, 0.6) is 0 Å². The zero-order valence-corrected chi connectivity index (χ0v) is 29.1. The fourth-order valence-electron chi connectivity index (χ4n) is 8.17. The topological polar surface area (TPSA) is 57.4 Å². The molecule has 10 aromatic rings. The molecule has 2 aromatic heterocycles. The van der Waals surface area contributed by atoms with E-state index in [-0.39, 0.29) is 0 Å². The number of nitriles is 2. The highest BCUT2D eigenvalue weighted by atomic mass is 15.0. The van der Waals surface area contributed by atoms with E-state index in [4.69, 9.17) is 0 Å². The van der Waals surface area contributed by atoms with E-state index >= 15 is 0 Å². The average Bonchev–Trinajstić information content (AvgIpc) is 3.76. The molecule has 2 heterocycles. The highest BCUT2D eigenvalue weighted by Gasteiger charge is 2.23. The van der Waals surface area contributed by atoms with Gasteiger partial charge in [-0.05, 0) is 82.9 Å². The molecule has 4 heteroatoms. The lowest BCUT2D eigenvalue weighted by atomic mass is 9.94. The standard InChI is InChI=1S/C50H30N4/c51-31-37-17-12-21-40(46(37)32-52)44-29-39(30-45-41-20-10-11-22-47(41)54(50(44)45)38-18-8-3-9-19-38)53-48-25-23-35(33-13-4-1-5-14-33)27-42(48)43-28-36(24-26-49(43)53)34-15-6-2-7-16-34/h1-30H. The van der Waals surface area contributed by atoms with Gasteiger partial charge in [-0.1, -0.05) is 121 Å². The van der Waals surface area contributed by atoms with E-state index in [1.54, 1.807) is 6.07 Å². The zero-order chi connectivity index (χ0) is 36.2. The summed E-state index contributed by atoms with van der Waals surface area (Å²) in [5, 5.41) is 25.1. The third-order valence-electron chi connectivity index (χ3n) is 10.6. The summed E-state index contributed by atoms with van der Waals surface area (Å²) in [4.78, 5) is 0. The quantitative estimate of drug-likeness (QED) is 0.181. The molecular weight excluding hydrogens is 657 g/mol. The molecule has 10 rings (SSSR count). The van der Waals surface area contributed by atoms with Gasteiger partial charge in [0, 0.05) is 44.0 Å². The SMILES string of the molecule is N#Cc1cccc(-c2cc(-n3c4ccc(-c5ccccc5)cc4c4cc(-c5ccccc5)ccc43)cc3c4ccccc4n(-c4ccccc4)c23)c1C#N. The summed E-state index contributed by atoms with van der Waals surface area (Å²) >= 11 is 0. The summed E-state index contributed by atoms with van der Waals surface area (Å²) in [6.07, 6.45) is 0. The van der Waals surface area contributed by atoms with Crippen molar-refractivity contribution in [2.45, 2.75) is 0 Å². The number of hydrogen-bond donors (Lipinski definition) is 0. The van der Waals surface area contributed by atoms with Crippen LogP contribution in [0, 0.1) is 22.7 Å². The van der Waals surface area contributed by atoms with Gasteiger partial charge in [0.05, 0.1) is 33.2 Å². The second kappa shape index (κ2) is 12.5. The molecule has 0 aliphatic rings. The van der Waals surface area contributed by atoms with E-state index in [1.165, 1.54) is 11.1 Å². The molecule has 54 heavy (non-hydrogen) atoms. The number of benzene rings is 8. The smallest absolute Gasteiger partial charge is 0.101 e. The number of para-hydroxylation sites is 2. The average molecular weight is 687 g/mol. The monoisotopic (exact) mass is 686 g/mol. The van der Waals surface area contributed by atoms with Crippen molar-refractivity contribution in [3.8, 4) is 56.9 Å². The Kier molecular flexibility index (Phi) is 7.22. The summed E-state index contributed by atoms with van der Waals surface area (Å²) in [6.45, 7) is 0. The molecule has 0 amide bonds. The minimum atomic E-state index is 0.356. The van der Waals surface area contributed by atoms with E-state index in [9.17, 15) is 10.5 Å². The Morgan fingerprint density at radius 1 is 0.352 bits per heavy atom. The first-order valence-corrected chi connectivity index (χ1v) is 18.0. The molecule has 0 aliphatic heterocycles. The molecule has 0 spiro atoms. The Morgan fingerprint density at radius 3 is 1.54 bits per heavy atom. The van der Waals surface area contributed by atoms with Gasteiger partial charge in [-0.3, -0.25) is 0 Å². The summed E-state index contributed by atoms with van der Waals surface area (Å²) in [5.74, 6) is 0. The summed E-state index contributed by atoms with van der Waals surface area (Å²) in [7, 11) is 0. The molecule has 0 saturated heterocycles. The Bertz CT molecular complexity index is 3060. The van der Waals surface area contributed by atoms with Crippen LogP contribution >= 0.6 is 0 Å². The summed E-state index contributed by atoms with van der Waals surface area (Å²) in [5.41, 5.74) is 13.2. The van der Waals surface area contributed by atoms with Crippen molar-refractivity contribution in [1.82, 2.24) is 9.13 Å². The van der Waals surface area contributed by atoms with Gasteiger partial charge in [0.25, 0.3) is 0 Å². The van der Waals surface area contributed by atoms with Crippen molar-refractivity contribution in [1.29, 1.82) is 10.5 Å². The molecule has 8 aromatic carbocycles. The molecule has 0 atom stereocenters. The first-order valence-electron chi connectivity index (χ1n) is 18.0. The van der Waals surface area contributed by atoms with E-state index < -0.39 is 0 Å². The molecule has 0 saturated carbocycles. The first kappa shape index (κ1) is 31.1. The van der Waals surface area contributed by atoms with Crippen LogP contribution in [0.1, 0.15) is 11.1 Å². The van der Waals surface area contributed by atoms with Crippen molar-refractivity contribution in [3.63, 3.8) is 0 Å². The molecular formula is C50H30N4. The molecule has 0 unspecified atom stereocenters. The number of aromatic nitrogens is 2. The van der Waals surface area contributed by atoms with Crippen LogP contribution in [-0.4, -0.2) is 9.13 Å². The first-order chi connectivity index (χ1) is 26.7. The highest BCUT2D eigenvalue weighted by molar-refractivity contribution is 6.16. The van der Waals surface area contributed by atoms with Gasteiger partial charge in [-0.2, -0.15) is 10.5 Å². The molecule has 0 aliphatic carbocycles. The van der Waals surface area contributed by atoms with Crippen molar-refractivity contribution in [3.05, 3.63) is 193 Å². The van der Waals surface area contributed by atoms with Gasteiger partial charge >= 0.3 is 0 Å². The lowest BCUT2D eigenvalue weighted by Gasteiger charge is -2.16. The largest absolute Gasteiger partial charge is 0.309 e. The van der Waals surface area contributed by atoms with Gasteiger partial charge < -0.3 is 9.13 Å². The van der Waals surface area contributed by atoms with Crippen LogP contribution in [0.15, 0.2) is 182 Å². The lowest BCUT2D eigenvalue weighted by molar-refractivity contribution is 1.17. The minimum Gasteiger partial charge on any atom is -0.309 e. The maximum atomic E-state index is 10.6. The minimum absolute atomic E-state index is 0.356. The van der Waals surface area contributed by atoms with Crippen molar-refractivity contribution in [2.75, 3.05) is 0 Å². The van der Waals surface area contributed by atoms with Crippen molar-refractivity contribution < 1.29 is 0 Å². The van der Waals surface area contributed by atoms with Crippen molar-refractivity contribution >= 4 is 43.6 Å². The number of nitrogens with zero attached hydrogens (tertiary/aromatic N) is 4. The van der Waals surface area contributed by atoms with E-state index in [0.717, 1.165) is 77.2 Å². The van der Waals surface area contributed by atoms with Crippen LogP contribution in [0.3, 0.4) is 0 Å². The van der Waals surface area contributed by atoms with Crippen LogP contribution < -0.4 is 0 Å². The van der Waals surface area contributed by atoms with Gasteiger partial charge in [0.1, 0.15) is 12.1 Å². The Hall–Kier alpha value is -7.66. The van der Waals surface area contributed by atoms with Crippen LogP contribution in [0.25, 0.3) is 88.4 Å². The maximum Gasteiger partial charge on any atom is 0.101 e. The van der Waals surface area contributed by atoms with E-state index in [0.29, 0.717) is 11.1 Å². The summed E-state index contributed by atoms with van der Waals surface area (Å²) in [6, 6.07) is 68.0. The lowest BCUT2D eigenvalue weighted by Crippen LogP contribution is -2.00. The van der Waals surface area contributed by atoms with Gasteiger partial charge in [0.15, 0.2) is 0 Å². The van der Waals surface area contributed by atoms with Crippen LogP contribution in [0.4, 0.5) is 0 Å². The molecule has 0 radical (unpaired) electrons. The second-order valence-electron chi connectivity index (χ2n) is 13.6. The zero-order valence-electron chi connectivity index (χ0n) is 29.1. The molecule has 4 nitrogen and oxygen atoms in total. The number of fused-ring (bicyclic) bond motifs is 6. The van der Waals surface area contributed by atoms with Gasteiger partial charge in [0.2, 0.25) is 0 Å². The number of rotatable bonds is 5. The normalized spacial score (nSPS) is 11.3. The third kappa shape index (κ3) is 4.83. The van der Waals surface area contributed by atoms with E-state index in [2.05, 4.69) is 155 Å². The molecule has 0 N–H and O–H groups in total. The van der Waals surface area contributed by atoms with Crippen LogP contribution in [0.2, 0.25) is 0 Å². The number of hydrogen-bond acceptors (Lipinski definition) is 2. The predicted molar refractivity (Wildman–Crippen MR) is 221 cm³/mol. The Labute approximate surface area is 312 Å². The fourth-order valence-corrected chi connectivity index (χ4v) is 8.17. The Morgan fingerprint density at radius 2 is 0.926 bits per heavy atom. The molecule has 250 valence electrons. The van der Waals surface area contributed by atoms with Gasteiger partial charge in [-0.15, -0.1) is 0 Å². The highest BCUT2D eigenvalue weighted by Crippen LogP contribution is 2.44. The maximum absolute atomic E-state index is 10.6. The summed E-state index contributed by atoms with van der Waals surface area (Å²) < 4.78 is 4.64. The molecule has 0 fully saturated rings. The van der Waals surface area contributed by atoms with Crippen LogP contribution in [-0.2, 0) is 0 Å². The van der Waals surface area contributed by atoms with Gasteiger partial charge in [-0.25, -0.2) is 0 Å². The Balaban J connectivity index is 1.35. The van der Waals surface area contributed by atoms with Crippen molar-refractivity contribution in [2.24, 2.45) is 0 Å². The third-order valence-corrected chi connectivity index (χ3v) is 10.6. The second-order valence-corrected chi connectivity index (χ2v) is 13.6. The van der Waals surface area contributed by atoms with E-state index in [1.807, 2.05) is 42.5 Å². The molecule has 0 bridgehead atoms. The fraction of sp³-hybridized carbons (Fsp3) is 0. The predicted octanol–water partition coefficient (Wildman–Crippen LogP) is 12.6.